The zero-order chi connectivity index (χ0) is 24.4. The average molecular weight is 466 g/mol. The first-order valence-electron chi connectivity index (χ1n) is 11.3. The lowest BCUT2D eigenvalue weighted by molar-refractivity contribution is -0.139. The molecule has 3 aromatic carbocycles. The lowest BCUT2D eigenvalue weighted by Gasteiger charge is -2.14. The molecule has 174 valence electrons. The summed E-state index contributed by atoms with van der Waals surface area (Å²) < 4.78 is 5.98. The van der Waals surface area contributed by atoms with E-state index in [0.29, 0.717) is 28.5 Å². The van der Waals surface area contributed by atoms with Gasteiger partial charge in [0.1, 0.15) is 0 Å². The van der Waals surface area contributed by atoms with Gasteiger partial charge in [0, 0.05) is 29.7 Å². The zero-order valence-electron chi connectivity index (χ0n) is 19.2. The highest BCUT2D eigenvalue weighted by molar-refractivity contribution is 6.08. The molecule has 1 N–H and O–H groups in total. The number of oxazole rings is 1. The number of hydrogen-bond donors (Lipinski definition) is 1. The Hall–Kier alpha value is -4.52. The fraction of sp³-hybridized carbons (Fsp3) is 0.143. The molecule has 7 nitrogen and oxygen atoms in total. The summed E-state index contributed by atoms with van der Waals surface area (Å²) in [6.07, 6.45) is 2.19. The minimum absolute atomic E-state index is 0.152. The Morgan fingerprint density at radius 2 is 1.63 bits per heavy atom. The summed E-state index contributed by atoms with van der Waals surface area (Å²) in [7, 11) is 0. The van der Waals surface area contributed by atoms with E-state index in [9.17, 15) is 14.4 Å². The van der Waals surface area contributed by atoms with Crippen LogP contribution in [0.1, 0.15) is 34.3 Å². The van der Waals surface area contributed by atoms with Gasteiger partial charge in [-0.2, -0.15) is 0 Å². The molecule has 4 aromatic rings. The third-order valence-electron chi connectivity index (χ3n) is 5.95. The second-order valence-corrected chi connectivity index (χ2v) is 8.47. The molecule has 0 atom stereocenters. The maximum Gasteiger partial charge on any atom is 0.256 e. The SMILES string of the molecule is Cc1ccc(-c2cnc(-c3ccccc3C(=O)Nc3ccc(CN4C(=O)CCC4=O)cc3)o2)cc1. The molecule has 2 heterocycles. The van der Waals surface area contributed by atoms with Gasteiger partial charge < -0.3 is 9.73 Å². The number of aromatic nitrogens is 1. The first-order chi connectivity index (χ1) is 17.0. The number of carbonyl (C=O) groups is 3. The lowest BCUT2D eigenvalue weighted by atomic mass is 10.1. The highest BCUT2D eigenvalue weighted by atomic mass is 16.4. The molecule has 5 rings (SSSR count). The predicted octanol–water partition coefficient (Wildman–Crippen LogP) is 5.22. The first-order valence-corrected chi connectivity index (χ1v) is 11.3. The first kappa shape index (κ1) is 22.3. The smallest absolute Gasteiger partial charge is 0.256 e. The number of nitrogens with one attached hydrogen (secondary N) is 1. The van der Waals surface area contributed by atoms with Crippen molar-refractivity contribution < 1.29 is 18.8 Å². The van der Waals surface area contributed by atoms with E-state index in [1.54, 1.807) is 48.7 Å². The molecule has 0 spiro atoms. The largest absolute Gasteiger partial charge is 0.436 e. The minimum atomic E-state index is -0.298. The van der Waals surface area contributed by atoms with Gasteiger partial charge in [-0.15, -0.1) is 0 Å². The molecule has 0 unspecified atom stereocenters. The van der Waals surface area contributed by atoms with Crippen LogP contribution >= 0.6 is 0 Å². The molecule has 7 heteroatoms. The van der Waals surface area contributed by atoms with E-state index in [0.717, 1.165) is 16.7 Å². The number of aryl methyl sites for hydroxylation is 1. The van der Waals surface area contributed by atoms with Gasteiger partial charge in [-0.1, -0.05) is 54.1 Å². The van der Waals surface area contributed by atoms with Crippen LogP contribution in [0.25, 0.3) is 22.8 Å². The van der Waals surface area contributed by atoms with Gasteiger partial charge in [0.2, 0.25) is 17.7 Å². The molecular weight excluding hydrogens is 442 g/mol. The Balaban J connectivity index is 1.32. The summed E-state index contributed by atoms with van der Waals surface area (Å²) in [5.74, 6) is 0.387. The number of nitrogens with zero attached hydrogens (tertiary/aromatic N) is 2. The number of benzene rings is 3. The van der Waals surface area contributed by atoms with Gasteiger partial charge in [-0.25, -0.2) is 4.98 Å². The molecule has 0 bridgehead atoms. The quantitative estimate of drug-likeness (QED) is 0.394. The summed E-state index contributed by atoms with van der Waals surface area (Å²) in [5.41, 5.74) is 4.50. The van der Waals surface area contributed by atoms with Crippen molar-refractivity contribution in [3.8, 4) is 22.8 Å². The van der Waals surface area contributed by atoms with Crippen molar-refractivity contribution in [2.75, 3.05) is 5.32 Å². The third-order valence-corrected chi connectivity index (χ3v) is 5.95. The third kappa shape index (κ3) is 4.75. The monoisotopic (exact) mass is 465 g/mol. The fourth-order valence-electron chi connectivity index (χ4n) is 3.99. The van der Waals surface area contributed by atoms with Crippen LogP contribution in [0.5, 0.6) is 0 Å². The molecule has 3 amide bonds. The van der Waals surface area contributed by atoms with E-state index in [1.807, 2.05) is 37.3 Å². The van der Waals surface area contributed by atoms with Crippen molar-refractivity contribution in [1.29, 1.82) is 0 Å². The number of likely N-dealkylation sites (tertiary alicyclic amines) is 1. The van der Waals surface area contributed by atoms with E-state index in [-0.39, 0.29) is 37.1 Å². The summed E-state index contributed by atoms with van der Waals surface area (Å²) in [6, 6.07) is 22.2. The van der Waals surface area contributed by atoms with Gasteiger partial charge in [0.05, 0.1) is 18.3 Å². The number of amides is 3. The van der Waals surface area contributed by atoms with Crippen molar-refractivity contribution >= 4 is 23.4 Å². The van der Waals surface area contributed by atoms with Crippen LogP contribution in [0, 0.1) is 6.92 Å². The molecule has 0 saturated carbocycles. The molecule has 35 heavy (non-hydrogen) atoms. The van der Waals surface area contributed by atoms with Crippen LogP contribution in [0.4, 0.5) is 5.69 Å². The molecular formula is C28H23N3O4. The summed E-state index contributed by atoms with van der Waals surface area (Å²) in [4.78, 5) is 42.4. The van der Waals surface area contributed by atoms with Crippen LogP contribution in [0.3, 0.4) is 0 Å². The number of rotatable bonds is 6. The second kappa shape index (κ2) is 9.38. The molecule has 1 aliphatic heterocycles. The fourth-order valence-corrected chi connectivity index (χ4v) is 3.99. The van der Waals surface area contributed by atoms with Gasteiger partial charge in [0.25, 0.3) is 5.91 Å². The Morgan fingerprint density at radius 3 is 2.34 bits per heavy atom. The van der Waals surface area contributed by atoms with E-state index in [2.05, 4.69) is 10.3 Å². The Bertz CT molecular complexity index is 1390. The minimum Gasteiger partial charge on any atom is -0.436 e. The van der Waals surface area contributed by atoms with Crippen LogP contribution in [-0.4, -0.2) is 27.6 Å². The van der Waals surface area contributed by atoms with Crippen LogP contribution in [-0.2, 0) is 16.1 Å². The van der Waals surface area contributed by atoms with E-state index in [1.165, 1.54) is 4.90 Å². The number of anilines is 1. The molecule has 0 aliphatic carbocycles. The maximum absolute atomic E-state index is 13.1. The number of hydrogen-bond acceptors (Lipinski definition) is 5. The Morgan fingerprint density at radius 1 is 0.943 bits per heavy atom. The maximum atomic E-state index is 13.1. The van der Waals surface area contributed by atoms with Crippen LogP contribution < -0.4 is 5.32 Å². The van der Waals surface area contributed by atoms with Gasteiger partial charge in [-0.3, -0.25) is 19.3 Å². The zero-order valence-corrected chi connectivity index (χ0v) is 19.2. The summed E-state index contributed by atoms with van der Waals surface area (Å²) in [5, 5.41) is 2.90. The normalized spacial score (nSPS) is 13.3. The Kier molecular flexibility index (Phi) is 5.97. The average Bonchev–Trinajstić information content (AvgIpc) is 3.48. The molecule has 1 fully saturated rings. The van der Waals surface area contributed by atoms with E-state index < -0.39 is 0 Å². The van der Waals surface area contributed by atoms with Gasteiger partial charge >= 0.3 is 0 Å². The van der Waals surface area contributed by atoms with E-state index >= 15 is 0 Å². The second-order valence-electron chi connectivity index (χ2n) is 8.47. The highest BCUT2D eigenvalue weighted by Gasteiger charge is 2.28. The van der Waals surface area contributed by atoms with Gasteiger partial charge in [-0.05, 0) is 36.8 Å². The summed E-state index contributed by atoms with van der Waals surface area (Å²) >= 11 is 0. The summed E-state index contributed by atoms with van der Waals surface area (Å²) in [6.45, 7) is 2.26. The van der Waals surface area contributed by atoms with Crippen molar-refractivity contribution in [3.63, 3.8) is 0 Å². The molecule has 1 aromatic heterocycles. The number of imide groups is 1. The van der Waals surface area contributed by atoms with Crippen LogP contribution in [0.2, 0.25) is 0 Å². The number of carbonyl (C=O) groups excluding carboxylic acids is 3. The molecule has 0 radical (unpaired) electrons. The van der Waals surface area contributed by atoms with Crippen molar-refractivity contribution in [1.82, 2.24) is 9.88 Å². The van der Waals surface area contributed by atoms with Crippen LogP contribution in [0.15, 0.2) is 83.4 Å². The van der Waals surface area contributed by atoms with Crippen molar-refractivity contribution in [2.24, 2.45) is 0 Å². The molecule has 1 saturated heterocycles. The van der Waals surface area contributed by atoms with Crippen molar-refractivity contribution in [3.05, 3.63) is 95.7 Å². The molecule has 1 aliphatic rings. The van der Waals surface area contributed by atoms with Crippen molar-refractivity contribution in [2.45, 2.75) is 26.3 Å². The predicted molar refractivity (Wildman–Crippen MR) is 131 cm³/mol. The van der Waals surface area contributed by atoms with E-state index in [4.69, 9.17) is 4.42 Å². The Labute approximate surface area is 202 Å². The topological polar surface area (TPSA) is 92.5 Å². The standard InChI is InChI=1S/C28H23N3O4/c1-18-6-10-20(11-7-18)24-16-29-28(35-24)23-5-3-2-4-22(23)27(34)30-21-12-8-19(9-13-21)17-31-25(32)14-15-26(31)33/h2-13,16H,14-15,17H2,1H3,(H,30,34). The lowest BCUT2D eigenvalue weighted by Crippen LogP contribution is -2.28. The highest BCUT2D eigenvalue weighted by Crippen LogP contribution is 2.29. The van der Waals surface area contributed by atoms with Gasteiger partial charge in [0.15, 0.2) is 5.76 Å².